The number of fused-ring (bicyclic) bond motifs is 1. The Morgan fingerprint density at radius 2 is 2.29 bits per heavy atom. The Labute approximate surface area is 84.0 Å². The number of ether oxygens (including phenoxy) is 1. The van der Waals surface area contributed by atoms with Crippen LogP contribution in [0.2, 0.25) is 0 Å². The van der Waals surface area contributed by atoms with E-state index in [1.165, 1.54) is 5.56 Å². The second-order valence-electron chi connectivity index (χ2n) is 3.66. The van der Waals surface area contributed by atoms with Gasteiger partial charge in [-0.25, -0.2) is 0 Å². The van der Waals surface area contributed by atoms with Crippen LogP contribution in [0, 0.1) is 0 Å². The van der Waals surface area contributed by atoms with Crippen LogP contribution in [0.1, 0.15) is 23.6 Å². The van der Waals surface area contributed by atoms with E-state index < -0.39 is 0 Å². The Morgan fingerprint density at radius 3 is 3.07 bits per heavy atom. The van der Waals surface area contributed by atoms with E-state index in [1.54, 1.807) is 0 Å². The first-order valence-electron chi connectivity index (χ1n) is 5.02. The highest BCUT2D eigenvalue weighted by Crippen LogP contribution is 2.27. The lowest BCUT2D eigenvalue weighted by Crippen LogP contribution is -2.21. The van der Waals surface area contributed by atoms with Crippen LogP contribution in [0.4, 0.5) is 0 Å². The van der Waals surface area contributed by atoms with Crippen molar-refractivity contribution in [3.05, 3.63) is 29.3 Å². The van der Waals surface area contributed by atoms with Gasteiger partial charge >= 0.3 is 0 Å². The summed E-state index contributed by atoms with van der Waals surface area (Å²) in [5.41, 5.74) is 13.7. The van der Waals surface area contributed by atoms with Crippen LogP contribution in [0.15, 0.2) is 18.2 Å². The Hall–Kier alpha value is -1.06. The summed E-state index contributed by atoms with van der Waals surface area (Å²) in [6.45, 7) is 1.28. The second-order valence-corrected chi connectivity index (χ2v) is 3.66. The topological polar surface area (TPSA) is 61.3 Å². The van der Waals surface area contributed by atoms with Gasteiger partial charge in [-0.2, -0.15) is 0 Å². The van der Waals surface area contributed by atoms with Gasteiger partial charge in [-0.1, -0.05) is 12.1 Å². The SMILES string of the molecule is NC[C@@H](N)c1ccc2c(c1)OCCC2. The molecule has 1 heterocycles. The van der Waals surface area contributed by atoms with Gasteiger partial charge in [0.05, 0.1) is 6.61 Å². The molecule has 0 aliphatic carbocycles. The molecule has 0 unspecified atom stereocenters. The van der Waals surface area contributed by atoms with Gasteiger partial charge in [0, 0.05) is 12.6 Å². The summed E-state index contributed by atoms with van der Waals surface area (Å²) in [7, 11) is 0. The minimum Gasteiger partial charge on any atom is -0.493 e. The van der Waals surface area contributed by atoms with Gasteiger partial charge in [-0.05, 0) is 30.0 Å². The second kappa shape index (κ2) is 3.98. The number of nitrogens with two attached hydrogens (primary N) is 2. The highest BCUT2D eigenvalue weighted by molar-refractivity contribution is 5.39. The van der Waals surface area contributed by atoms with E-state index in [9.17, 15) is 0 Å². The third-order valence-electron chi connectivity index (χ3n) is 2.62. The summed E-state index contributed by atoms with van der Waals surface area (Å²) in [5.74, 6) is 0.984. The molecular formula is C11H16N2O. The van der Waals surface area contributed by atoms with E-state index in [4.69, 9.17) is 16.2 Å². The summed E-state index contributed by atoms with van der Waals surface area (Å²) >= 11 is 0. The third-order valence-corrected chi connectivity index (χ3v) is 2.62. The van der Waals surface area contributed by atoms with Crippen molar-refractivity contribution in [3.8, 4) is 5.75 Å². The van der Waals surface area contributed by atoms with Crippen LogP contribution in [-0.4, -0.2) is 13.2 Å². The van der Waals surface area contributed by atoms with Gasteiger partial charge in [-0.3, -0.25) is 0 Å². The molecule has 0 saturated carbocycles. The van der Waals surface area contributed by atoms with Crippen molar-refractivity contribution in [1.29, 1.82) is 0 Å². The Balaban J connectivity index is 2.29. The van der Waals surface area contributed by atoms with Crippen molar-refractivity contribution in [2.75, 3.05) is 13.2 Å². The molecule has 0 saturated heterocycles. The largest absolute Gasteiger partial charge is 0.493 e. The van der Waals surface area contributed by atoms with Crippen LogP contribution in [-0.2, 0) is 6.42 Å². The molecule has 0 amide bonds. The maximum atomic E-state index is 5.85. The van der Waals surface area contributed by atoms with Crippen LogP contribution in [0.25, 0.3) is 0 Å². The predicted molar refractivity (Wildman–Crippen MR) is 56.2 cm³/mol. The lowest BCUT2D eigenvalue weighted by atomic mass is 10.0. The number of hydrogen-bond acceptors (Lipinski definition) is 3. The van der Waals surface area contributed by atoms with E-state index >= 15 is 0 Å². The lowest BCUT2D eigenvalue weighted by molar-refractivity contribution is 0.288. The summed E-state index contributed by atoms with van der Waals surface area (Å²) in [6.07, 6.45) is 2.21. The van der Waals surface area contributed by atoms with Crippen molar-refractivity contribution in [3.63, 3.8) is 0 Å². The maximum absolute atomic E-state index is 5.85. The zero-order valence-corrected chi connectivity index (χ0v) is 8.20. The lowest BCUT2D eigenvalue weighted by Gasteiger charge is -2.19. The molecule has 1 aliphatic rings. The number of rotatable bonds is 2. The summed E-state index contributed by atoms with van der Waals surface area (Å²) in [6, 6.07) is 6.09. The first kappa shape index (κ1) is 9.49. The fraction of sp³-hybridized carbons (Fsp3) is 0.455. The van der Waals surface area contributed by atoms with E-state index in [0.717, 1.165) is 30.8 Å². The molecular weight excluding hydrogens is 176 g/mol. The predicted octanol–water partition coefficient (Wildman–Crippen LogP) is 0.970. The summed E-state index contributed by atoms with van der Waals surface area (Å²) in [5, 5.41) is 0. The zero-order valence-electron chi connectivity index (χ0n) is 8.20. The molecule has 2 rings (SSSR count). The summed E-state index contributed by atoms with van der Waals surface area (Å²) in [4.78, 5) is 0. The highest BCUT2D eigenvalue weighted by atomic mass is 16.5. The quantitative estimate of drug-likeness (QED) is 0.734. The average Bonchev–Trinajstić information content (AvgIpc) is 2.27. The molecule has 3 heteroatoms. The molecule has 4 N–H and O–H groups in total. The van der Waals surface area contributed by atoms with Gasteiger partial charge in [0.15, 0.2) is 0 Å². The van der Waals surface area contributed by atoms with E-state index in [2.05, 4.69) is 6.07 Å². The van der Waals surface area contributed by atoms with Crippen molar-refractivity contribution in [2.24, 2.45) is 11.5 Å². The molecule has 0 fully saturated rings. The van der Waals surface area contributed by atoms with E-state index in [-0.39, 0.29) is 6.04 Å². The first-order chi connectivity index (χ1) is 6.81. The molecule has 1 aromatic carbocycles. The third kappa shape index (κ3) is 1.74. The Bertz CT molecular complexity index is 325. The minimum absolute atomic E-state index is 0.0779. The van der Waals surface area contributed by atoms with Crippen molar-refractivity contribution in [2.45, 2.75) is 18.9 Å². The van der Waals surface area contributed by atoms with Gasteiger partial charge in [0.1, 0.15) is 5.75 Å². The molecule has 76 valence electrons. The van der Waals surface area contributed by atoms with E-state index in [0.29, 0.717) is 6.54 Å². The van der Waals surface area contributed by atoms with Crippen molar-refractivity contribution >= 4 is 0 Å². The standard InChI is InChI=1S/C11H16N2O/c12-7-10(13)9-4-3-8-2-1-5-14-11(8)6-9/h3-4,6,10H,1-2,5,7,12-13H2/t10-/m1/s1. The fourth-order valence-corrected chi connectivity index (χ4v) is 1.72. The molecule has 1 atom stereocenters. The normalized spacial score (nSPS) is 17.0. The Morgan fingerprint density at radius 1 is 1.43 bits per heavy atom. The first-order valence-corrected chi connectivity index (χ1v) is 5.02. The molecule has 3 nitrogen and oxygen atoms in total. The zero-order chi connectivity index (χ0) is 9.97. The number of aryl methyl sites for hydroxylation is 1. The van der Waals surface area contributed by atoms with E-state index in [1.807, 2.05) is 12.1 Å². The summed E-state index contributed by atoms with van der Waals surface area (Å²) < 4.78 is 5.56. The Kier molecular flexibility index (Phi) is 2.70. The van der Waals surface area contributed by atoms with Crippen molar-refractivity contribution < 1.29 is 4.74 Å². The fourth-order valence-electron chi connectivity index (χ4n) is 1.72. The number of benzene rings is 1. The molecule has 0 spiro atoms. The minimum atomic E-state index is -0.0779. The molecule has 14 heavy (non-hydrogen) atoms. The van der Waals surface area contributed by atoms with Crippen LogP contribution in [0.3, 0.4) is 0 Å². The smallest absolute Gasteiger partial charge is 0.122 e. The van der Waals surface area contributed by atoms with Crippen LogP contribution < -0.4 is 16.2 Å². The average molecular weight is 192 g/mol. The van der Waals surface area contributed by atoms with Crippen molar-refractivity contribution in [1.82, 2.24) is 0 Å². The van der Waals surface area contributed by atoms with Gasteiger partial charge in [-0.15, -0.1) is 0 Å². The van der Waals surface area contributed by atoms with Crippen LogP contribution >= 0.6 is 0 Å². The van der Waals surface area contributed by atoms with Gasteiger partial charge in [0.2, 0.25) is 0 Å². The van der Waals surface area contributed by atoms with Gasteiger partial charge in [0.25, 0.3) is 0 Å². The van der Waals surface area contributed by atoms with Crippen LogP contribution in [0.5, 0.6) is 5.75 Å². The number of hydrogen-bond donors (Lipinski definition) is 2. The molecule has 0 radical (unpaired) electrons. The maximum Gasteiger partial charge on any atom is 0.122 e. The molecule has 1 aromatic rings. The van der Waals surface area contributed by atoms with Gasteiger partial charge < -0.3 is 16.2 Å². The highest BCUT2D eigenvalue weighted by Gasteiger charge is 2.12. The molecule has 1 aliphatic heterocycles. The molecule has 0 bridgehead atoms. The monoisotopic (exact) mass is 192 g/mol. The molecule has 0 aromatic heterocycles.